The van der Waals surface area contributed by atoms with Crippen molar-refractivity contribution >= 4 is 45.6 Å². The highest BCUT2D eigenvalue weighted by molar-refractivity contribution is 7.11. The highest BCUT2D eigenvalue weighted by Gasteiger charge is 2.37. The second kappa shape index (κ2) is 10.6. The standard InChI is InChI=1S/C29H30N6O3S/c1-20(26(36)31-23-5-3-2-4-6-23)35-11-9-21-17-22(7-8-25(21)35)28(37)34-18-24(19-34)32-12-14-33(15-13-32)29(38)27-30-10-16-39-27/h2-11,16-17,20,24H,12-15,18-19H2,1H3,(H,31,36). The van der Waals surface area contributed by atoms with Crippen molar-refractivity contribution in [1.29, 1.82) is 0 Å². The van der Waals surface area contributed by atoms with Crippen molar-refractivity contribution in [3.05, 3.63) is 82.9 Å². The first-order valence-corrected chi connectivity index (χ1v) is 14.0. The summed E-state index contributed by atoms with van der Waals surface area (Å²) in [6.45, 7) is 6.21. The molecule has 1 unspecified atom stereocenters. The van der Waals surface area contributed by atoms with Crippen LogP contribution in [0.3, 0.4) is 0 Å². The predicted octanol–water partition coefficient (Wildman–Crippen LogP) is 3.58. The van der Waals surface area contributed by atoms with E-state index in [1.807, 2.05) is 87.5 Å². The Morgan fingerprint density at radius 2 is 1.72 bits per heavy atom. The normalized spacial score (nSPS) is 17.2. The first-order valence-electron chi connectivity index (χ1n) is 13.2. The number of hydrogen-bond donors (Lipinski definition) is 1. The summed E-state index contributed by atoms with van der Waals surface area (Å²) in [7, 11) is 0. The molecule has 2 aliphatic rings. The van der Waals surface area contributed by atoms with E-state index in [1.54, 1.807) is 6.20 Å². The Balaban J connectivity index is 1.04. The molecule has 0 aliphatic carbocycles. The molecule has 9 nitrogen and oxygen atoms in total. The Bertz CT molecular complexity index is 1490. The summed E-state index contributed by atoms with van der Waals surface area (Å²) in [6.07, 6.45) is 3.56. The average Bonchev–Trinajstić information content (AvgIpc) is 3.62. The van der Waals surface area contributed by atoms with Crippen LogP contribution < -0.4 is 5.32 Å². The molecule has 0 radical (unpaired) electrons. The van der Waals surface area contributed by atoms with Crippen molar-refractivity contribution in [3.63, 3.8) is 0 Å². The Morgan fingerprint density at radius 3 is 2.44 bits per heavy atom. The Labute approximate surface area is 230 Å². The van der Waals surface area contributed by atoms with Crippen molar-refractivity contribution in [2.75, 3.05) is 44.6 Å². The van der Waals surface area contributed by atoms with Gasteiger partial charge < -0.3 is 19.7 Å². The van der Waals surface area contributed by atoms with E-state index in [9.17, 15) is 14.4 Å². The lowest BCUT2D eigenvalue weighted by Gasteiger charge is -2.48. The summed E-state index contributed by atoms with van der Waals surface area (Å²) >= 11 is 1.37. The maximum absolute atomic E-state index is 13.2. The molecule has 1 N–H and O–H groups in total. The number of carbonyl (C=O) groups excluding carboxylic acids is 3. The number of para-hydroxylation sites is 1. The van der Waals surface area contributed by atoms with Crippen LogP contribution in [-0.4, -0.2) is 87.3 Å². The van der Waals surface area contributed by atoms with E-state index in [-0.39, 0.29) is 17.7 Å². The summed E-state index contributed by atoms with van der Waals surface area (Å²) in [5, 5.41) is 6.25. The smallest absolute Gasteiger partial charge is 0.282 e. The van der Waals surface area contributed by atoms with Crippen LogP contribution in [0, 0.1) is 0 Å². The minimum Gasteiger partial charge on any atom is -0.335 e. The van der Waals surface area contributed by atoms with Crippen LogP contribution in [-0.2, 0) is 4.79 Å². The van der Waals surface area contributed by atoms with Crippen molar-refractivity contribution in [2.24, 2.45) is 0 Å². The van der Waals surface area contributed by atoms with Gasteiger partial charge in [-0.05, 0) is 43.3 Å². The van der Waals surface area contributed by atoms with Gasteiger partial charge in [-0.1, -0.05) is 18.2 Å². The molecule has 2 aromatic carbocycles. The van der Waals surface area contributed by atoms with Crippen LogP contribution in [0.15, 0.2) is 72.4 Å². The molecule has 200 valence electrons. The lowest BCUT2D eigenvalue weighted by Crippen LogP contribution is -2.64. The second-order valence-corrected chi connectivity index (χ2v) is 11.0. The molecule has 2 saturated heterocycles. The lowest BCUT2D eigenvalue weighted by molar-refractivity contribution is -0.118. The number of carbonyl (C=O) groups is 3. The van der Waals surface area contributed by atoms with E-state index in [4.69, 9.17) is 0 Å². The van der Waals surface area contributed by atoms with Gasteiger partial charge >= 0.3 is 0 Å². The fourth-order valence-corrected chi connectivity index (χ4v) is 5.92. The lowest BCUT2D eigenvalue weighted by atomic mass is 10.0. The fourth-order valence-electron chi connectivity index (χ4n) is 5.32. The maximum Gasteiger partial charge on any atom is 0.282 e. The Kier molecular flexibility index (Phi) is 6.88. The van der Waals surface area contributed by atoms with E-state index in [2.05, 4.69) is 15.2 Å². The third-order valence-corrected chi connectivity index (χ3v) is 8.45. The van der Waals surface area contributed by atoms with Crippen LogP contribution in [0.1, 0.15) is 33.1 Å². The number of thiazole rings is 1. The van der Waals surface area contributed by atoms with E-state index in [1.165, 1.54) is 11.3 Å². The first-order chi connectivity index (χ1) is 19.0. The van der Waals surface area contributed by atoms with Gasteiger partial charge in [0.15, 0.2) is 5.01 Å². The second-order valence-electron chi connectivity index (χ2n) is 10.1. The molecule has 2 fully saturated rings. The third-order valence-electron chi connectivity index (χ3n) is 7.69. The van der Waals surface area contributed by atoms with E-state index in [0.29, 0.717) is 42.8 Å². The number of aromatic nitrogens is 2. The fraction of sp³-hybridized carbons (Fsp3) is 0.310. The van der Waals surface area contributed by atoms with Gasteiger partial charge in [0.1, 0.15) is 6.04 Å². The zero-order chi connectivity index (χ0) is 26.9. The van der Waals surface area contributed by atoms with Crippen LogP contribution in [0.2, 0.25) is 0 Å². The highest BCUT2D eigenvalue weighted by Crippen LogP contribution is 2.25. The van der Waals surface area contributed by atoms with Gasteiger partial charge in [-0.25, -0.2) is 4.98 Å². The minimum absolute atomic E-state index is 0.00510. The SMILES string of the molecule is CC(C(=O)Nc1ccccc1)n1ccc2cc(C(=O)N3CC(N4CCN(C(=O)c5nccs5)CC4)C3)ccc21. The predicted molar refractivity (Wildman–Crippen MR) is 151 cm³/mol. The number of rotatable bonds is 6. The molecule has 1 atom stereocenters. The molecule has 2 aliphatic heterocycles. The molecule has 0 bridgehead atoms. The van der Waals surface area contributed by atoms with Crippen molar-refractivity contribution in [2.45, 2.75) is 19.0 Å². The highest BCUT2D eigenvalue weighted by atomic mass is 32.1. The zero-order valence-electron chi connectivity index (χ0n) is 21.7. The number of anilines is 1. The summed E-state index contributed by atoms with van der Waals surface area (Å²) < 4.78 is 1.93. The first kappa shape index (κ1) is 25.3. The monoisotopic (exact) mass is 542 g/mol. The number of hydrogen-bond acceptors (Lipinski definition) is 6. The maximum atomic E-state index is 13.2. The van der Waals surface area contributed by atoms with Gasteiger partial charge in [0.05, 0.1) is 0 Å². The molecule has 4 aromatic rings. The molecule has 0 spiro atoms. The molecule has 6 rings (SSSR count). The number of likely N-dealkylation sites (tertiary alicyclic amines) is 1. The van der Waals surface area contributed by atoms with Gasteiger partial charge in [0, 0.05) is 85.2 Å². The van der Waals surface area contributed by atoms with E-state index < -0.39 is 6.04 Å². The molecular formula is C29H30N6O3S. The van der Waals surface area contributed by atoms with Gasteiger partial charge in [0.2, 0.25) is 5.91 Å². The summed E-state index contributed by atoms with van der Waals surface area (Å²) in [5.41, 5.74) is 2.32. The zero-order valence-corrected chi connectivity index (χ0v) is 22.5. The van der Waals surface area contributed by atoms with Crippen molar-refractivity contribution in [1.82, 2.24) is 24.3 Å². The number of amides is 3. The van der Waals surface area contributed by atoms with E-state index >= 15 is 0 Å². The van der Waals surface area contributed by atoms with Crippen LogP contribution >= 0.6 is 11.3 Å². The van der Waals surface area contributed by atoms with Crippen molar-refractivity contribution in [3.8, 4) is 0 Å². The Morgan fingerprint density at radius 1 is 0.949 bits per heavy atom. The van der Waals surface area contributed by atoms with Gasteiger partial charge in [-0.2, -0.15) is 0 Å². The van der Waals surface area contributed by atoms with Gasteiger partial charge in [-0.3, -0.25) is 19.3 Å². The van der Waals surface area contributed by atoms with Crippen molar-refractivity contribution < 1.29 is 14.4 Å². The molecule has 0 saturated carbocycles. The van der Waals surface area contributed by atoms with Gasteiger partial charge in [0.25, 0.3) is 11.8 Å². The van der Waals surface area contributed by atoms with Crippen LogP contribution in [0.25, 0.3) is 10.9 Å². The largest absolute Gasteiger partial charge is 0.335 e. The number of benzene rings is 2. The molecule has 2 aromatic heterocycles. The number of piperazine rings is 1. The molecule has 39 heavy (non-hydrogen) atoms. The van der Waals surface area contributed by atoms with Crippen LogP contribution in [0.4, 0.5) is 5.69 Å². The minimum atomic E-state index is -0.405. The molecule has 4 heterocycles. The molecule has 3 amide bonds. The topological polar surface area (TPSA) is 90.8 Å². The summed E-state index contributed by atoms with van der Waals surface area (Å²) in [6, 6.07) is 16.9. The molecular weight excluding hydrogens is 512 g/mol. The summed E-state index contributed by atoms with van der Waals surface area (Å²) in [5.74, 6) is -0.0716. The van der Waals surface area contributed by atoms with Crippen LogP contribution in [0.5, 0.6) is 0 Å². The quantitative estimate of drug-likeness (QED) is 0.402. The number of nitrogens with zero attached hydrogens (tertiary/aromatic N) is 5. The number of nitrogens with one attached hydrogen (secondary N) is 1. The van der Waals surface area contributed by atoms with Gasteiger partial charge in [-0.15, -0.1) is 11.3 Å². The average molecular weight is 543 g/mol. The molecule has 10 heteroatoms. The summed E-state index contributed by atoms with van der Waals surface area (Å²) in [4.78, 5) is 48.8. The Hall–Kier alpha value is -4.02. The third kappa shape index (κ3) is 5.05. The van der Waals surface area contributed by atoms with E-state index in [0.717, 1.165) is 29.7 Å². The number of fused-ring (bicyclic) bond motifs is 1.